The molecular formula is C14H16N4O3S. The van der Waals surface area contributed by atoms with Crippen LogP contribution in [0.5, 0.6) is 0 Å². The minimum atomic E-state index is -3.62. The smallest absolute Gasteiger partial charge is 0.280 e. The molecule has 22 heavy (non-hydrogen) atoms. The molecule has 0 aliphatic carbocycles. The van der Waals surface area contributed by atoms with Crippen LogP contribution in [0.2, 0.25) is 0 Å². The lowest BCUT2D eigenvalue weighted by Crippen LogP contribution is -2.24. The maximum absolute atomic E-state index is 12.3. The molecule has 0 aromatic heterocycles. The van der Waals surface area contributed by atoms with E-state index in [1.165, 1.54) is 6.07 Å². The molecule has 2 rings (SSSR count). The number of hydrogen-bond donors (Lipinski definition) is 2. The van der Waals surface area contributed by atoms with E-state index in [-0.39, 0.29) is 16.2 Å². The highest BCUT2D eigenvalue weighted by atomic mass is 32.2. The van der Waals surface area contributed by atoms with E-state index < -0.39 is 27.1 Å². The van der Waals surface area contributed by atoms with Gasteiger partial charge in [0, 0.05) is 5.56 Å². The number of aliphatic imine (C=N–C) groups is 1. The van der Waals surface area contributed by atoms with Crippen molar-refractivity contribution in [2.24, 2.45) is 16.5 Å². The molecule has 1 atom stereocenters. The second kappa shape index (κ2) is 5.10. The molecule has 0 bridgehead atoms. The highest BCUT2D eigenvalue weighted by Crippen LogP contribution is 2.41. The van der Waals surface area contributed by atoms with Crippen LogP contribution in [0, 0.1) is 11.3 Å². The molecule has 0 radical (unpaired) electrons. The van der Waals surface area contributed by atoms with Crippen molar-refractivity contribution < 1.29 is 13.2 Å². The Morgan fingerprint density at radius 3 is 2.59 bits per heavy atom. The fourth-order valence-electron chi connectivity index (χ4n) is 2.61. The zero-order valence-corrected chi connectivity index (χ0v) is 13.1. The minimum absolute atomic E-state index is 0.00268. The van der Waals surface area contributed by atoms with Gasteiger partial charge in [0.2, 0.25) is 0 Å². The summed E-state index contributed by atoms with van der Waals surface area (Å²) >= 11 is 0. The van der Waals surface area contributed by atoms with Crippen LogP contribution in [0.4, 0.5) is 0 Å². The molecule has 1 heterocycles. The van der Waals surface area contributed by atoms with Gasteiger partial charge < -0.3 is 11.5 Å². The summed E-state index contributed by atoms with van der Waals surface area (Å²) in [7, 11) is -3.62. The number of nitrogens with two attached hydrogens (primary N) is 2. The van der Waals surface area contributed by atoms with E-state index >= 15 is 0 Å². The predicted octanol–water partition coefficient (Wildman–Crippen LogP) is 0.231. The van der Waals surface area contributed by atoms with Crippen molar-refractivity contribution in [3.05, 3.63) is 28.8 Å². The Morgan fingerprint density at radius 1 is 1.45 bits per heavy atom. The van der Waals surface area contributed by atoms with Crippen molar-refractivity contribution in [1.82, 2.24) is 0 Å². The lowest BCUT2D eigenvalue weighted by Gasteiger charge is -2.15. The van der Waals surface area contributed by atoms with Crippen molar-refractivity contribution in [1.29, 1.82) is 5.26 Å². The van der Waals surface area contributed by atoms with Crippen LogP contribution in [0.15, 0.2) is 22.0 Å². The standard InChI is InChI=1S/C14H16N4O3S/c1-3-8-4-10-11(5-9(8)12(19)18-13(16)17)22(20,21)7-14(10,2)6-15/h4-5H,3,7H2,1-2H3,(H4,16,17,18,19). The van der Waals surface area contributed by atoms with E-state index in [4.69, 9.17) is 11.5 Å². The topological polar surface area (TPSA) is 139 Å². The number of carbonyl (C=O) groups is 1. The van der Waals surface area contributed by atoms with Crippen molar-refractivity contribution in [2.45, 2.75) is 30.6 Å². The number of nitrogens with zero attached hydrogens (tertiary/aromatic N) is 2. The Labute approximate surface area is 128 Å². The number of rotatable bonds is 2. The molecule has 1 aromatic rings. The normalized spacial score (nSPS) is 21.7. The molecule has 4 N–H and O–H groups in total. The van der Waals surface area contributed by atoms with E-state index in [0.29, 0.717) is 17.5 Å². The fourth-order valence-corrected chi connectivity index (χ4v) is 4.66. The van der Waals surface area contributed by atoms with Gasteiger partial charge in [0.15, 0.2) is 15.8 Å². The second-order valence-corrected chi connectivity index (χ2v) is 7.36. The van der Waals surface area contributed by atoms with Crippen molar-refractivity contribution >= 4 is 21.7 Å². The summed E-state index contributed by atoms with van der Waals surface area (Å²) in [5.41, 5.74) is 10.4. The maximum Gasteiger partial charge on any atom is 0.280 e. The van der Waals surface area contributed by atoms with Crippen LogP contribution in [-0.4, -0.2) is 26.0 Å². The number of nitriles is 1. The van der Waals surface area contributed by atoms with E-state index in [0.717, 1.165) is 0 Å². The van der Waals surface area contributed by atoms with Gasteiger partial charge in [0.05, 0.1) is 22.1 Å². The van der Waals surface area contributed by atoms with Crippen molar-refractivity contribution in [3.63, 3.8) is 0 Å². The second-order valence-electron chi connectivity index (χ2n) is 5.40. The van der Waals surface area contributed by atoms with Gasteiger partial charge in [-0.05, 0) is 30.5 Å². The Bertz CT molecular complexity index is 832. The van der Waals surface area contributed by atoms with Crippen LogP contribution >= 0.6 is 0 Å². The van der Waals surface area contributed by atoms with E-state index in [2.05, 4.69) is 11.1 Å². The third-order valence-electron chi connectivity index (χ3n) is 3.70. The van der Waals surface area contributed by atoms with Gasteiger partial charge >= 0.3 is 0 Å². The van der Waals surface area contributed by atoms with Gasteiger partial charge in [-0.2, -0.15) is 10.3 Å². The Kier molecular flexibility index (Phi) is 3.71. The number of hydrogen-bond acceptors (Lipinski definition) is 4. The SMILES string of the molecule is CCc1cc2c(cc1C(=O)N=C(N)N)S(=O)(=O)CC2(C)C#N. The van der Waals surface area contributed by atoms with Gasteiger partial charge in [-0.3, -0.25) is 4.79 Å². The van der Waals surface area contributed by atoms with Crippen molar-refractivity contribution in [3.8, 4) is 6.07 Å². The minimum Gasteiger partial charge on any atom is -0.370 e. The molecule has 1 aliphatic rings. The van der Waals surface area contributed by atoms with Gasteiger partial charge in [0.1, 0.15) is 0 Å². The lowest BCUT2D eigenvalue weighted by atomic mass is 9.84. The van der Waals surface area contributed by atoms with Crippen LogP contribution in [0.3, 0.4) is 0 Å². The molecule has 1 aromatic carbocycles. The molecule has 0 saturated heterocycles. The highest BCUT2D eigenvalue weighted by molar-refractivity contribution is 7.91. The summed E-state index contributed by atoms with van der Waals surface area (Å²) in [6.07, 6.45) is 0.482. The van der Waals surface area contributed by atoms with E-state index in [9.17, 15) is 18.5 Å². The zero-order valence-electron chi connectivity index (χ0n) is 12.3. The number of benzene rings is 1. The number of carbonyl (C=O) groups excluding carboxylic acids is 1. The van der Waals surface area contributed by atoms with Gasteiger partial charge in [-0.25, -0.2) is 8.42 Å². The highest BCUT2D eigenvalue weighted by Gasteiger charge is 2.45. The summed E-state index contributed by atoms with van der Waals surface area (Å²) in [5.74, 6) is -1.38. The van der Waals surface area contributed by atoms with E-state index in [1.807, 2.05) is 6.92 Å². The van der Waals surface area contributed by atoms with Crippen LogP contribution in [0.25, 0.3) is 0 Å². The third kappa shape index (κ3) is 2.44. The summed E-state index contributed by atoms with van der Waals surface area (Å²) in [5, 5.41) is 9.33. The third-order valence-corrected chi connectivity index (χ3v) is 5.67. The Balaban J connectivity index is 2.77. The first kappa shape index (κ1) is 16.0. The first-order chi connectivity index (χ1) is 10.1. The van der Waals surface area contributed by atoms with Gasteiger partial charge in [-0.15, -0.1) is 0 Å². The summed E-state index contributed by atoms with van der Waals surface area (Å²) in [4.78, 5) is 15.5. The Morgan fingerprint density at radius 2 is 2.09 bits per heavy atom. The molecule has 0 saturated carbocycles. The molecule has 0 fully saturated rings. The number of fused-ring (bicyclic) bond motifs is 1. The first-order valence-electron chi connectivity index (χ1n) is 6.60. The molecule has 1 amide bonds. The van der Waals surface area contributed by atoms with Gasteiger partial charge in [0.25, 0.3) is 5.91 Å². The number of aryl methyl sites for hydroxylation is 1. The van der Waals surface area contributed by atoms with Crippen LogP contribution in [-0.2, 0) is 21.7 Å². The summed E-state index contributed by atoms with van der Waals surface area (Å²) in [6, 6.07) is 4.93. The first-order valence-corrected chi connectivity index (χ1v) is 8.25. The van der Waals surface area contributed by atoms with Crippen LogP contribution < -0.4 is 11.5 Å². The zero-order chi connectivity index (χ0) is 16.7. The largest absolute Gasteiger partial charge is 0.370 e. The van der Waals surface area contributed by atoms with Gasteiger partial charge in [-0.1, -0.05) is 13.0 Å². The maximum atomic E-state index is 12.3. The molecule has 7 nitrogen and oxygen atoms in total. The average Bonchev–Trinajstić information content (AvgIpc) is 2.64. The molecule has 1 unspecified atom stereocenters. The molecule has 1 aliphatic heterocycles. The average molecular weight is 320 g/mol. The predicted molar refractivity (Wildman–Crippen MR) is 81.0 cm³/mol. The van der Waals surface area contributed by atoms with E-state index in [1.54, 1.807) is 13.0 Å². The number of amides is 1. The van der Waals surface area contributed by atoms with Crippen LogP contribution in [0.1, 0.15) is 35.3 Å². The molecule has 8 heteroatoms. The summed E-state index contributed by atoms with van der Waals surface area (Å²) < 4.78 is 24.6. The Hall–Kier alpha value is -2.40. The fraction of sp³-hybridized carbons (Fsp3) is 0.357. The molecular weight excluding hydrogens is 304 g/mol. The van der Waals surface area contributed by atoms with Crippen molar-refractivity contribution in [2.75, 3.05) is 5.75 Å². The quantitative estimate of drug-likeness (QED) is 0.590. The monoisotopic (exact) mass is 320 g/mol. The summed E-state index contributed by atoms with van der Waals surface area (Å²) in [6.45, 7) is 3.40. The molecule has 0 spiro atoms. The molecule has 116 valence electrons. The lowest BCUT2D eigenvalue weighted by molar-refractivity contribution is 0.100. The number of guanidine groups is 1. The number of sulfone groups is 1.